The summed E-state index contributed by atoms with van der Waals surface area (Å²) >= 11 is 2.69. The normalized spacial score (nSPS) is 23.2. The van der Waals surface area contributed by atoms with Gasteiger partial charge in [-0.3, -0.25) is 9.59 Å². The van der Waals surface area contributed by atoms with Crippen LogP contribution in [-0.4, -0.2) is 62.0 Å². The molecule has 1 aliphatic heterocycles. The van der Waals surface area contributed by atoms with Crippen molar-refractivity contribution in [3.63, 3.8) is 0 Å². The summed E-state index contributed by atoms with van der Waals surface area (Å²) in [5, 5.41) is 28.6. The van der Waals surface area contributed by atoms with Gasteiger partial charge in [-0.2, -0.15) is 10.5 Å². The van der Waals surface area contributed by atoms with Gasteiger partial charge in [0.05, 0.1) is 15.8 Å². The number of nitriles is 1. The maximum absolute atomic E-state index is 12.2. The number of amides is 2. The highest BCUT2D eigenvalue weighted by molar-refractivity contribution is 7.16. The van der Waals surface area contributed by atoms with Crippen LogP contribution in [0.3, 0.4) is 0 Å². The van der Waals surface area contributed by atoms with Gasteiger partial charge in [-0.15, -0.1) is 32.9 Å². The number of carbonyl (C=O) groups excluding carboxylic acids is 2. The average Bonchev–Trinajstić information content (AvgIpc) is 3.42. The molecule has 13 heteroatoms. The average molecular weight is 564 g/mol. The topological polar surface area (TPSA) is 180 Å². The van der Waals surface area contributed by atoms with Crippen molar-refractivity contribution in [3.8, 4) is 6.07 Å². The van der Waals surface area contributed by atoms with Crippen molar-refractivity contribution in [1.82, 2.24) is 30.8 Å². The summed E-state index contributed by atoms with van der Waals surface area (Å²) in [6, 6.07) is 6.39. The molecule has 3 aromatic rings. The van der Waals surface area contributed by atoms with Crippen LogP contribution in [0.5, 0.6) is 0 Å². The van der Waals surface area contributed by atoms with E-state index in [0.717, 1.165) is 39.4 Å². The number of aromatic nitrogens is 4. The minimum atomic E-state index is -0.886. The van der Waals surface area contributed by atoms with E-state index < -0.39 is 17.2 Å². The molecule has 1 saturated heterocycles. The first-order chi connectivity index (χ1) is 18.7. The van der Waals surface area contributed by atoms with Gasteiger partial charge in [0.1, 0.15) is 11.5 Å². The molecule has 1 unspecified atom stereocenters. The van der Waals surface area contributed by atoms with E-state index in [1.165, 1.54) is 22.7 Å². The van der Waals surface area contributed by atoms with Crippen LogP contribution in [0.1, 0.15) is 72.2 Å². The zero-order chi connectivity index (χ0) is 27.5. The number of hydrogen-bond acceptors (Lipinski definition) is 10. The number of nitrogens with zero attached hydrogens (tertiary/aromatic N) is 5. The van der Waals surface area contributed by atoms with Crippen molar-refractivity contribution in [1.29, 1.82) is 5.26 Å². The molecular weight excluding hydrogens is 534 g/mol. The number of fused-ring (bicyclic) bond motifs is 3. The van der Waals surface area contributed by atoms with E-state index in [-0.39, 0.29) is 12.1 Å². The summed E-state index contributed by atoms with van der Waals surface area (Å²) in [5.41, 5.74) is 13.4. The first-order valence-corrected chi connectivity index (χ1v) is 14.5. The molecule has 2 fully saturated rings. The summed E-state index contributed by atoms with van der Waals surface area (Å²) < 4.78 is 0. The first-order valence-electron chi connectivity index (χ1n) is 12.9. The van der Waals surface area contributed by atoms with Gasteiger partial charge in [-0.25, -0.2) is 0 Å². The molecule has 1 saturated carbocycles. The summed E-state index contributed by atoms with van der Waals surface area (Å²) in [6.45, 7) is 6.91. The van der Waals surface area contributed by atoms with E-state index in [4.69, 9.17) is 11.5 Å². The quantitative estimate of drug-likeness (QED) is 0.304. The van der Waals surface area contributed by atoms with Gasteiger partial charge in [0, 0.05) is 34.1 Å². The lowest BCUT2D eigenvalue weighted by Crippen LogP contribution is -2.42. The Morgan fingerprint density at radius 3 is 2.41 bits per heavy atom. The van der Waals surface area contributed by atoms with Crippen molar-refractivity contribution < 1.29 is 9.59 Å². The zero-order valence-electron chi connectivity index (χ0n) is 21.4. The Morgan fingerprint density at radius 1 is 1.23 bits per heavy atom. The maximum Gasteiger partial charge on any atom is 0.258 e. The number of likely N-dealkylation sites (tertiary alicyclic amines) is 1. The van der Waals surface area contributed by atoms with Crippen LogP contribution in [0.15, 0.2) is 24.4 Å². The number of aryl methyl sites for hydroxylation is 2. The van der Waals surface area contributed by atoms with Crippen LogP contribution < -0.4 is 16.8 Å². The van der Waals surface area contributed by atoms with Crippen LogP contribution >= 0.6 is 22.7 Å². The molecule has 6 N–H and O–H groups in total. The van der Waals surface area contributed by atoms with Crippen LogP contribution in [0.25, 0.3) is 0 Å². The Morgan fingerprint density at radius 2 is 1.87 bits per heavy atom. The van der Waals surface area contributed by atoms with Gasteiger partial charge in [0.25, 0.3) is 11.8 Å². The highest BCUT2D eigenvalue weighted by atomic mass is 32.1. The van der Waals surface area contributed by atoms with Crippen LogP contribution in [0.4, 0.5) is 0 Å². The van der Waals surface area contributed by atoms with E-state index in [2.05, 4.69) is 50.4 Å². The number of H-pyrrole nitrogens is 1. The lowest BCUT2D eigenvalue weighted by Gasteiger charge is -2.34. The lowest BCUT2D eigenvalue weighted by atomic mass is 9.76. The molecule has 4 atom stereocenters. The van der Waals surface area contributed by atoms with E-state index in [1.54, 1.807) is 0 Å². The molecule has 0 aromatic carbocycles. The Hall–Kier alpha value is -3.60. The third-order valence-electron chi connectivity index (χ3n) is 8.16. The second-order valence-corrected chi connectivity index (χ2v) is 12.8. The highest BCUT2D eigenvalue weighted by Crippen LogP contribution is 2.52. The fraction of sp³-hybridized carbons (Fsp3) is 0.462. The predicted molar refractivity (Wildman–Crippen MR) is 146 cm³/mol. The standard InChI is InChI=1S/C26H29N9O2S2/c1-12(30-11-13(2)35-17(10-27)5-16-6-18(16)35)9-26(25-31-33-34-32-25)21-14(7-19(38-21)23(28)36)3-4-15-8-20(24(29)37)39-22(15)26/h7-8,12,16-18,30H,2-6,9,11H2,1H3,(H2,28,36)(H2,29,37)(H,31,32,33,34)/t12-,16-,17?,18+/m1/s1. The van der Waals surface area contributed by atoms with Crippen molar-refractivity contribution >= 4 is 34.5 Å². The number of carbonyl (C=O) groups is 2. The summed E-state index contributed by atoms with van der Waals surface area (Å²) in [7, 11) is 0. The Labute approximate surface area is 233 Å². The molecule has 3 aromatic heterocycles. The highest BCUT2D eigenvalue weighted by Gasteiger charge is 2.53. The number of primary amides is 2. The van der Waals surface area contributed by atoms with Gasteiger partial charge in [0.2, 0.25) is 0 Å². The van der Waals surface area contributed by atoms with Crippen molar-refractivity contribution in [2.75, 3.05) is 6.54 Å². The number of rotatable bonds is 9. The molecule has 11 nitrogen and oxygen atoms in total. The smallest absolute Gasteiger partial charge is 0.258 e. The number of thiophene rings is 2. The molecule has 2 aliphatic carbocycles. The van der Waals surface area contributed by atoms with Gasteiger partial charge in [-0.1, -0.05) is 11.8 Å². The number of piperidine rings is 1. The van der Waals surface area contributed by atoms with Gasteiger partial charge < -0.3 is 21.7 Å². The third-order valence-corrected chi connectivity index (χ3v) is 10.9. The molecule has 2 amide bonds. The largest absolute Gasteiger partial charge is 0.365 e. The Bertz CT molecular complexity index is 1440. The van der Waals surface area contributed by atoms with E-state index in [1.807, 2.05) is 12.1 Å². The number of aromatic amines is 1. The lowest BCUT2D eigenvalue weighted by molar-refractivity contribution is 0.0995. The van der Waals surface area contributed by atoms with Crippen LogP contribution in [-0.2, 0) is 18.3 Å². The molecule has 202 valence electrons. The molecule has 0 spiro atoms. The number of tetrazole rings is 1. The second-order valence-electron chi connectivity index (χ2n) is 10.7. The number of nitrogens with two attached hydrogens (primary N) is 2. The molecular formula is C26H29N9O2S2. The number of hydrogen-bond donors (Lipinski definition) is 4. The predicted octanol–water partition coefficient (Wildman–Crippen LogP) is 1.82. The van der Waals surface area contributed by atoms with Crippen molar-refractivity contribution in [3.05, 3.63) is 60.9 Å². The maximum atomic E-state index is 12.2. The molecule has 39 heavy (non-hydrogen) atoms. The van der Waals surface area contributed by atoms with Gasteiger partial charge in [0.15, 0.2) is 5.82 Å². The molecule has 0 bridgehead atoms. The first kappa shape index (κ1) is 25.7. The molecule has 6 rings (SSSR count). The van der Waals surface area contributed by atoms with Gasteiger partial charge in [-0.05, 0) is 68.2 Å². The Kier molecular flexibility index (Phi) is 6.28. The van der Waals surface area contributed by atoms with Crippen molar-refractivity contribution in [2.45, 2.75) is 62.6 Å². The minimum absolute atomic E-state index is 0.0737. The fourth-order valence-corrected chi connectivity index (χ4v) is 8.92. The second kappa shape index (κ2) is 9.55. The van der Waals surface area contributed by atoms with Crippen LogP contribution in [0.2, 0.25) is 0 Å². The third kappa shape index (κ3) is 4.23. The van der Waals surface area contributed by atoms with Crippen molar-refractivity contribution in [2.24, 2.45) is 17.4 Å². The van der Waals surface area contributed by atoms with E-state index in [0.29, 0.717) is 53.3 Å². The van der Waals surface area contributed by atoms with E-state index >= 15 is 0 Å². The minimum Gasteiger partial charge on any atom is -0.365 e. The molecule has 0 radical (unpaired) electrons. The molecule has 3 aliphatic rings. The summed E-state index contributed by atoms with van der Waals surface area (Å²) in [4.78, 5) is 29.4. The van der Waals surface area contributed by atoms with Crippen LogP contribution in [0, 0.1) is 17.2 Å². The molecule has 4 heterocycles. The monoisotopic (exact) mass is 563 g/mol. The zero-order valence-corrected chi connectivity index (χ0v) is 23.1. The van der Waals surface area contributed by atoms with Gasteiger partial charge >= 0.3 is 0 Å². The summed E-state index contributed by atoms with van der Waals surface area (Å²) in [5.74, 6) is 0.0837. The van der Waals surface area contributed by atoms with E-state index in [9.17, 15) is 14.9 Å². The SMILES string of the molecule is C=C(CN[C@H](C)CC1(c2nn[nH]n2)c2sc(C(N)=O)cc2CCc2cc(C(N)=O)sc21)N1C(C#N)C[C@@H]2C[C@@H]21. The Balaban J connectivity index is 1.38. The summed E-state index contributed by atoms with van der Waals surface area (Å²) in [6.07, 6.45) is 3.90. The fourth-order valence-electron chi connectivity index (χ4n) is 6.33. The number of nitrogens with one attached hydrogen (secondary N) is 2.